The van der Waals surface area contributed by atoms with Crippen molar-refractivity contribution in [1.29, 1.82) is 0 Å². The van der Waals surface area contributed by atoms with Crippen molar-refractivity contribution in [3.05, 3.63) is 0 Å². The lowest BCUT2D eigenvalue weighted by atomic mass is 9.45. The molecule has 0 aromatic carbocycles. The summed E-state index contributed by atoms with van der Waals surface area (Å²) in [6.45, 7) is 4.78. The van der Waals surface area contributed by atoms with E-state index in [-0.39, 0.29) is 11.5 Å². The number of fused-ring (bicyclic) bond motifs is 5. The van der Waals surface area contributed by atoms with Crippen LogP contribution in [-0.2, 0) is 4.79 Å². The van der Waals surface area contributed by atoms with E-state index in [2.05, 4.69) is 13.8 Å². The molecule has 0 spiro atoms. The highest BCUT2D eigenvalue weighted by atomic mass is 16.3. The smallest absolute Gasteiger partial charge is 0.139 e. The lowest BCUT2D eigenvalue weighted by Crippen LogP contribution is -2.54. The number of aliphatic hydroxyl groups excluding tert-OH is 1. The molecular weight excluding hydrogens is 260 g/mol. The molecule has 0 amide bonds. The molecule has 0 heterocycles. The topological polar surface area (TPSA) is 37.3 Å². The SMILES string of the molecule is CC12CCC3C(CCC4C[C@@H](O)CCC43C)C1CCC2=O. The minimum atomic E-state index is -0.0541. The lowest BCUT2D eigenvalue weighted by molar-refractivity contribution is -0.142. The molecule has 4 saturated carbocycles. The Morgan fingerprint density at radius 3 is 2.62 bits per heavy atom. The van der Waals surface area contributed by atoms with E-state index in [0.29, 0.717) is 17.1 Å². The monoisotopic (exact) mass is 290 g/mol. The molecule has 2 nitrogen and oxygen atoms in total. The van der Waals surface area contributed by atoms with Gasteiger partial charge in [0.25, 0.3) is 0 Å². The normalized spacial score (nSPS) is 56.5. The first-order chi connectivity index (χ1) is 9.95. The van der Waals surface area contributed by atoms with Gasteiger partial charge in [-0.05, 0) is 80.5 Å². The number of hydrogen-bond acceptors (Lipinski definition) is 2. The van der Waals surface area contributed by atoms with Crippen LogP contribution < -0.4 is 0 Å². The molecule has 0 aromatic rings. The van der Waals surface area contributed by atoms with Gasteiger partial charge in [-0.3, -0.25) is 4.79 Å². The highest BCUT2D eigenvalue weighted by Crippen LogP contribution is 2.65. The van der Waals surface area contributed by atoms with E-state index in [4.69, 9.17) is 0 Å². The maximum absolute atomic E-state index is 12.4. The van der Waals surface area contributed by atoms with Crippen molar-refractivity contribution in [2.24, 2.45) is 34.5 Å². The van der Waals surface area contributed by atoms with Crippen molar-refractivity contribution < 1.29 is 9.90 Å². The standard InChI is InChI=1S/C19H30O2/c1-18-9-7-13(20)11-12(18)3-4-14-15-5-6-17(21)19(15,2)10-8-16(14)18/h12-16,20H,3-11H2,1-2H3/t12?,13-,14?,15?,16?,18?,19?/m0/s1. The summed E-state index contributed by atoms with van der Waals surface area (Å²) in [5.41, 5.74) is 0.452. The van der Waals surface area contributed by atoms with E-state index in [0.717, 1.165) is 49.9 Å². The van der Waals surface area contributed by atoms with Crippen LogP contribution in [-0.4, -0.2) is 17.0 Å². The maximum Gasteiger partial charge on any atom is 0.139 e. The molecule has 0 saturated heterocycles. The summed E-state index contributed by atoms with van der Waals surface area (Å²) in [6, 6.07) is 0. The van der Waals surface area contributed by atoms with Crippen LogP contribution in [0.15, 0.2) is 0 Å². The fourth-order valence-corrected chi connectivity index (χ4v) is 7.01. The lowest BCUT2D eigenvalue weighted by Gasteiger charge is -2.60. The summed E-state index contributed by atoms with van der Waals surface area (Å²) in [7, 11) is 0. The highest BCUT2D eigenvalue weighted by molar-refractivity contribution is 5.87. The number of ketones is 1. The van der Waals surface area contributed by atoms with Crippen LogP contribution in [0.25, 0.3) is 0 Å². The van der Waals surface area contributed by atoms with Crippen molar-refractivity contribution in [1.82, 2.24) is 0 Å². The average Bonchev–Trinajstić information content (AvgIpc) is 2.76. The van der Waals surface area contributed by atoms with Crippen LogP contribution in [0.4, 0.5) is 0 Å². The van der Waals surface area contributed by atoms with Crippen molar-refractivity contribution in [3.63, 3.8) is 0 Å². The summed E-state index contributed by atoms with van der Waals surface area (Å²) in [5, 5.41) is 10.0. The Balaban J connectivity index is 1.64. The molecule has 118 valence electrons. The average molecular weight is 290 g/mol. The van der Waals surface area contributed by atoms with Crippen molar-refractivity contribution in [3.8, 4) is 0 Å². The van der Waals surface area contributed by atoms with Crippen LogP contribution in [0.1, 0.15) is 71.6 Å². The third-order valence-electron chi connectivity index (χ3n) is 8.35. The van der Waals surface area contributed by atoms with Gasteiger partial charge in [-0.15, -0.1) is 0 Å². The number of carbonyl (C=O) groups excluding carboxylic acids is 1. The number of Topliss-reactive ketones (excluding diaryl/α,β-unsaturated/α-hetero) is 1. The number of aliphatic hydroxyl groups is 1. The third kappa shape index (κ3) is 1.84. The zero-order valence-corrected chi connectivity index (χ0v) is 13.6. The molecule has 7 atom stereocenters. The Kier molecular flexibility index (Phi) is 3.10. The molecule has 0 bridgehead atoms. The Bertz CT molecular complexity index is 458. The summed E-state index contributed by atoms with van der Waals surface area (Å²) in [5.74, 6) is 3.54. The molecule has 4 rings (SSSR count). The van der Waals surface area contributed by atoms with Gasteiger partial charge in [-0.2, -0.15) is 0 Å². The molecule has 6 unspecified atom stereocenters. The predicted octanol–water partition coefficient (Wildman–Crippen LogP) is 3.96. The quantitative estimate of drug-likeness (QED) is 0.733. The van der Waals surface area contributed by atoms with E-state index < -0.39 is 0 Å². The molecule has 2 heteroatoms. The summed E-state index contributed by atoms with van der Waals surface area (Å²) in [4.78, 5) is 12.4. The Labute approximate surface area is 128 Å². The molecule has 0 aliphatic heterocycles. The van der Waals surface area contributed by atoms with Gasteiger partial charge >= 0.3 is 0 Å². The van der Waals surface area contributed by atoms with Gasteiger partial charge in [0.2, 0.25) is 0 Å². The zero-order chi connectivity index (χ0) is 14.8. The van der Waals surface area contributed by atoms with Crippen LogP contribution in [0.5, 0.6) is 0 Å². The van der Waals surface area contributed by atoms with E-state index in [1.165, 1.54) is 25.7 Å². The Morgan fingerprint density at radius 2 is 1.81 bits per heavy atom. The summed E-state index contributed by atoms with van der Waals surface area (Å²) < 4.78 is 0. The van der Waals surface area contributed by atoms with Crippen LogP contribution >= 0.6 is 0 Å². The molecular formula is C19H30O2. The maximum atomic E-state index is 12.4. The number of carbonyl (C=O) groups is 1. The second-order valence-electron chi connectivity index (χ2n) is 9.00. The zero-order valence-electron chi connectivity index (χ0n) is 13.6. The van der Waals surface area contributed by atoms with E-state index >= 15 is 0 Å². The highest BCUT2D eigenvalue weighted by Gasteiger charge is 2.60. The Morgan fingerprint density at radius 1 is 1.00 bits per heavy atom. The fourth-order valence-electron chi connectivity index (χ4n) is 7.01. The number of rotatable bonds is 0. The van der Waals surface area contributed by atoms with E-state index in [9.17, 15) is 9.90 Å². The van der Waals surface area contributed by atoms with Gasteiger partial charge in [0.05, 0.1) is 6.10 Å². The van der Waals surface area contributed by atoms with E-state index in [1.54, 1.807) is 0 Å². The summed E-state index contributed by atoms with van der Waals surface area (Å²) in [6.07, 6.45) is 10.1. The largest absolute Gasteiger partial charge is 0.393 e. The molecule has 0 radical (unpaired) electrons. The molecule has 4 aliphatic rings. The van der Waals surface area contributed by atoms with E-state index in [1.807, 2.05) is 0 Å². The third-order valence-corrected chi connectivity index (χ3v) is 8.35. The van der Waals surface area contributed by atoms with Gasteiger partial charge in [0.15, 0.2) is 0 Å². The first-order valence-electron chi connectivity index (χ1n) is 9.16. The molecule has 4 fully saturated rings. The first kappa shape index (κ1) is 14.2. The molecule has 1 N–H and O–H groups in total. The van der Waals surface area contributed by atoms with Crippen molar-refractivity contribution >= 4 is 5.78 Å². The van der Waals surface area contributed by atoms with Gasteiger partial charge in [0, 0.05) is 11.8 Å². The number of hydrogen-bond donors (Lipinski definition) is 1. The van der Waals surface area contributed by atoms with Gasteiger partial charge in [-0.1, -0.05) is 13.8 Å². The van der Waals surface area contributed by atoms with Crippen LogP contribution in [0, 0.1) is 34.5 Å². The summed E-state index contributed by atoms with van der Waals surface area (Å²) >= 11 is 0. The van der Waals surface area contributed by atoms with Gasteiger partial charge in [-0.25, -0.2) is 0 Å². The van der Waals surface area contributed by atoms with Crippen molar-refractivity contribution in [2.45, 2.75) is 77.7 Å². The van der Waals surface area contributed by atoms with Crippen molar-refractivity contribution in [2.75, 3.05) is 0 Å². The second-order valence-corrected chi connectivity index (χ2v) is 9.00. The molecule has 0 aromatic heterocycles. The Hall–Kier alpha value is -0.370. The van der Waals surface area contributed by atoms with Crippen LogP contribution in [0.3, 0.4) is 0 Å². The van der Waals surface area contributed by atoms with Gasteiger partial charge < -0.3 is 5.11 Å². The predicted molar refractivity (Wildman–Crippen MR) is 82.7 cm³/mol. The minimum absolute atomic E-state index is 0.0124. The van der Waals surface area contributed by atoms with Crippen LogP contribution in [0.2, 0.25) is 0 Å². The first-order valence-corrected chi connectivity index (χ1v) is 9.16. The second kappa shape index (κ2) is 4.57. The minimum Gasteiger partial charge on any atom is -0.393 e. The molecule has 21 heavy (non-hydrogen) atoms. The van der Waals surface area contributed by atoms with Gasteiger partial charge in [0.1, 0.15) is 5.78 Å². The molecule has 4 aliphatic carbocycles. The fraction of sp³-hybridized carbons (Fsp3) is 0.947.